The van der Waals surface area contributed by atoms with E-state index in [9.17, 15) is 9.59 Å². The van der Waals surface area contributed by atoms with Crippen molar-refractivity contribution in [3.63, 3.8) is 0 Å². The lowest BCUT2D eigenvalue weighted by atomic mass is 10.0. The Morgan fingerprint density at radius 1 is 1.32 bits per heavy atom. The molecule has 0 aliphatic rings. The molecule has 5 heteroatoms. The number of carbonyl (C=O) groups excluding carboxylic acids is 2. The van der Waals surface area contributed by atoms with E-state index in [1.807, 2.05) is 0 Å². The molecular weight excluding hydrogens is 244 g/mol. The molecule has 0 heterocycles. The molecule has 1 aromatic rings. The summed E-state index contributed by atoms with van der Waals surface area (Å²) in [6, 6.07) is 8.73. The van der Waals surface area contributed by atoms with Crippen LogP contribution in [0.2, 0.25) is 0 Å². The molecule has 1 N–H and O–H groups in total. The first-order chi connectivity index (χ1) is 9.02. The number of nitrogens with zero attached hydrogens (tertiary/aromatic N) is 1. The van der Waals surface area contributed by atoms with Gasteiger partial charge < -0.3 is 10.1 Å². The molecule has 0 bridgehead atoms. The van der Waals surface area contributed by atoms with Crippen molar-refractivity contribution in [3.05, 3.63) is 29.8 Å². The number of nitrogens with one attached hydrogen (secondary N) is 1. The standard InChI is InChI=1S/C14H16N2O3/c1-10(17)16-14(4-3-9-15)12-5-7-13(8-6-12)19-11(2)18/h5-8,14H,3-4H2,1-2H3,(H,16,17). The van der Waals surface area contributed by atoms with Gasteiger partial charge in [-0.1, -0.05) is 12.1 Å². The van der Waals surface area contributed by atoms with Gasteiger partial charge >= 0.3 is 5.97 Å². The highest BCUT2D eigenvalue weighted by Crippen LogP contribution is 2.21. The predicted molar refractivity (Wildman–Crippen MR) is 69.2 cm³/mol. The first kappa shape index (κ1) is 14.7. The van der Waals surface area contributed by atoms with Crippen LogP contribution in [0.5, 0.6) is 5.75 Å². The van der Waals surface area contributed by atoms with Gasteiger partial charge in [-0.2, -0.15) is 5.26 Å². The summed E-state index contributed by atoms with van der Waals surface area (Å²) in [6.45, 7) is 2.77. The van der Waals surface area contributed by atoms with Gasteiger partial charge in [-0.3, -0.25) is 9.59 Å². The van der Waals surface area contributed by atoms with Gasteiger partial charge in [0.05, 0.1) is 12.1 Å². The third kappa shape index (κ3) is 5.21. The summed E-state index contributed by atoms with van der Waals surface area (Å²) in [5, 5.41) is 11.4. The molecule has 0 aliphatic carbocycles. The van der Waals surface area contributed by atoms with Crippen molar-refractivity contribution in [2.75, 3.05) is 0 Å². The Morgan fingerprint density at radius 2 is 1.95 bits per heavy atom. The van der Waals surface area contributed by atoms with Crippen molar-refractivity contribution < 1.29 is 14.3 Å². The van der Waals surface area contributed by atoms with E-state index < -0.39 is 0 Å². The monoisotopic (exact) mass is 260 g/mol. The summed E-state index contributed by atoms with van der Waals surface area (Å²) in [4.78, 5) is 21.9. The number of hydrogen-bond donors (Lipinski definition) is 1. The molecule has 1 amide bonds. The lowest BCUT2D eigenvalue weighted by Gasteiger charge is -2.17. The highest BCUT2D eigenvalue weighted by molar-refractivity contribution is 5.73. The van der Waals surface area contributed by atoms with E-state index in [0.29, 0.717) is 18.6 Å². The summed E-state index contributed by atoms with van der Waals surface area (Å²) in [5.41, 5.74) is 0.876. The second kappa shape index (κ2) is 7.17. The highest BCUT2D eigenvalue weighted by Gasteiger charge is 2.12. The molecule has 0 fully saturated rings. The first-order valence-electron chi connectivity index (χ1n) is 5.95. The number of nitriles is 1. The first-order valence-corrected chi connectivity index (χ1v) is 5.95. The van der Waals surface area contributed by atoms with Gasteiger partial charge in [-0.25, -0.2) is 0 Å². The van der Waals surface area contributed by atoms with Crippen molar-refractivity contribution >= 4 is 11.9 Å². The molecule has 1 aromatic carbocycles. The van der Waals surface area contributed by atoms with Crippen molar-refractivity contribution in [2.24, 2.45) is 0 Å². The Morgan fingerprint density at radius 3 is 2.42 bits per heavy atom. The van der Waals surface area contributed by atoms with E-state index in [1.54, 1.807) is 24.3 Å². The van der Waals surface area contributed by atoms with Crippen LogP contribution >= 0.6 is 0 Å². The van der Waals surface area contributed by atoms with Gasteiger partial charge in [-0.05, 0) is 24.1 Å². The van der Waals surface area contributed by atoms with Crippen molar-refractivity contribution in [2.45, 2.75) is 32.7 Å². The molecule has 0 saturated heterocycles. The van der Waals surface area contributed by atoms with Crippen LogP contribution in [-0.2, 0) is 9.59 Å². The second-order valence-electron chi connectivity index (χ2n) is 4.11. The molecule has 0 aliphatic heterocycles. The Labute approximate surface area is 112 Å². The van der Waals surface area contributed by atoms with Gasteiger partial charge in [0.2, 0.25) is 5.91 Å². The highest BCUT2D eigenvalue weighted by atomic mass is 16.5. The van der Waals surface area contributed by atoms with Crippen LogP contribution < -0.4 is 10.1 Å². The molecule has 5 nitrogen and oxygen atoms in total. The SMILES string of the molecule is CC(=O)NC(CCC#N)c1ccc(OC(C)=O)cc1. The summed E-state index contributed by atoms with van der Waals surface area (Å²) >= 11 is 0. The van der Waals surface area contributed by atoms with E-state index in [1.165, 1.54) is 13.8 Å². The van der Waals surface area contributed by atoms with Crippen LogP contribution in [0.15, 0.2) is 24.3 Å². The summed E-state index contributed by atoms with van der Waals surface area (Å²) in [7, 11) is 0. The number of hydrogen-bond acceptors (Lipinski definition) is 4. The lowest BCUT2D eigenvalue weighted by molar-refractivity contribution is -0.131. The topological polar surface area (TPSA) is 79.2 Å². The third-order valence-electron chi connectivity index (χ3n) is 2.47. The van der Waals surface area contributed by atoms with Gasteiger partial charge in [-0.15, -0.1) is 0 Å². The normalized spacial score (nSPS) is 11.2. The quantitative estimate of drug-likeness (QED) is 0.649. The van der Waals surface area contributed by atoms with Crippen molar-refractivity contribution in [1.82, 2.24) is 5.32 Å². The number of amides is 1. The molecule has 100 valence electrons. The average molecular weight is 260 g/mol. The number of ether oxygens (including phenoxy) is 1. The van der Waals surface area contributed by atoms with E-state index in [0.717, 1.165) is 5.56 Å². The van der Waals surface area contributed by atoms with Gasteiger partial charge in [0, 0.05) is 20.3 Å². The number of carbonyl (C=O) groups is 2. The molecule has 0 spiro atoms. The van der Waals surface area contributed by atoms with E-state index in [2.05, 4.69) is 11.4 Å². The fraction of sp³-hybridized carbons (Fsp3) is 0.357. The summed E-state index contributed by atoms with van der Waals surface area (Å²) in [6.07, 6.45) is 0.902. The maximum atomic E-state index is 11.1. The zero-order valence-corrected chi connectivity index (χ0v) is 11.0. The Kier molecular flexibility index (Phi) is 5.55. The van der Waals surface area contributed by atoms with Crippen LogP contribution in [0.25, 0.3) is 0 Å². The molecule has 19 heavy (non-hydrogen) atoms. The Hall–Kier alpha value is -2.35. The minimum Gasteiger partial charge on any atom is -0.427 e. The smallest absolute Gasteiger partial charge is 0.308 e. The minimum absolute atomic E-state index is 0.146. The minimum atomic E-state index is -0.379. The summed E-state index contributed by atoms with van der Waals surface area (Å²) in [5.74, 6) is -0.0687. The second-order valence-corrected chi connectivity index (χ2v) is 4.11. The van der Waals surface area contributed by atoms with Crippen LogP contribution in [0.1, 0.15) is 38.3 Å². The van der Waals surface area contributed by atoms with E-state index in [4.69, 9.17) is 10.00 Å². The Balaban J connectivity index is 2.81. The predicted octanol–water partition coefficient (Wildman–Crippen LogP) is 2.09. The largest absolute Gasteiger partial charge is 0.427 e. The van der Waals surface area contributed by atoms with E-state index >= 15 is 0 Å². The number of benzene rings is 1. The maximum Gasteiger partial charge on any atom is 0.308 e. The van der Waals surface area contributed by atoms with E-state index in [-0.39, 0.29) is 17.9 Å². The van der Waals surface area contributed by atoms with Crippen molar-refractivity contribution in [1.29, 1.82) is 5.26 Å². The molecular formula is C14H16N2O3. The zero-order chi connectivity index (χ0) is 14.3. The lowest BCUT2D eigenvalue weighted by Crippen LogP contribution is -2.25. The fourth-order valence-corrected chi connectivity index (χ4v) is 1.71. The van der Waals surface area contributed by atoms with Crippen LogP contribution in [0.3, 0.4) is 0 Å². The Bertz CT molecular complexity index is 488. The molecule has 0 aromatic heterocycles. The van der Waals surface area contributed by atoms with Crippen LogP contribution in [-0.4, -0.2) is 11.9 Å². The van der Waals surface area contributed by atoms with Gasteiger partial charge in [0.1, 0.15) is 5.75 Å². The molecule has 0 radical (unpaired) electrons. The molecule has 1 unspecified atom stereocenters. The van der Waals surface area contributed by atoms with Crippen LogP contribution in [0.4, 0.5) is 0 Å². The molecule has 0 saturated carbocycles. The number of rotatable bonds is 5. The van der Waals surface area contributed by atoms with Crippen LogP contribution in [0, 0.1) is 11.3 Å². The molecule has 1 atom stereocenters. The summed E-state index contributed by atoms with van der Waals surface area (Å²) < 4.78 is 4.93. The number of esters is 1. The zero-order valence-electron chi connectivity index (χ0n) is 11.0. The fourth-order valence-electron chi connectivity index (χ4n) is 1.71. The van der Waals surface area contributed by atoms with Gasteiger partial charge in [0.25, 0.3) is 0 Å². The maximum absolute atomic E-state index is 11.1. The van der Waals surface area contributed by atoms with Crippen molar-refractivity contribution in [3.8, 4) is 11.8 Å². The third-order valence-corrected chi connectivity index (χ3v) is 2.47. The van der Waals surface area contributed by atoms with Gasteiger partial charge in [0.15, 0.2) is 0 Å². The molecule has 1 rings (SSSR count). The average Bonchev–Trinajstić information content (AvgIpc) is 2.34.